The number of nitrogens with zero attached hydrogens (tertiary/aromatic N) is 2. The van der Waals surface area contributed by atoms with Crippen LogP contribution in [0.4, 0.5) is 0 Å². The van der Waals surface area contributed by atoms with Crippen molar-refractivity contribution in [2.24, 2.45) is 0 Å². The molecule has 0 saturated carbocycles. The molecule has 1 aromatic carbocycles. The molecule has 0 N–H and O–H groups in total. The van der Waals surface area contributed by atoms with Crippen LogP contribution in [0.3, 0.4) is 0 Å². The Morgan fingerprint density at radius 2 is 2.14 bits per heavy atom. The highest BCUT2D eigenvalue weighted by Crippen LogP contribution is 2.31. The minimum absolute atomic E-state index is 0.283. The van der Waals surface area contributed by atoms with Crippen LogP contribution in [0.1, 0.15) is 16.6 Å². The molecule has 104 valence electrons. The van der Waals surface area contributed by atoms with Crippen LogP contribution in [0.25, 0.3) is 26.6 Å². The summed E-state index contributed by atoms with van der Waals surface area (Å²) >= 11 is 1.43. The van der Waals surface area contributed by atoms with Gasteiger partial charge in [-0.2, -0.15) is 0 Å². The number of aromatic nitrogens is 2. The highest BCUT2D eigenvalue weighted by molar-refractivity contribution is 7.21. The lowest BCUT2D eigenvalue weighted by atomic mass is 10.2. The predicted molar refractivity (Wildman–Crippen MR) is 84.0 cm³/mol. The molecule has 0 bridgehead atoms. The van der Waals surface area contributed by atoms with Gasteiger partial charge >= 0.3 is 5.97 Å². The number of carbonyl (C=O) groups is 1. The number of benzene rings is 1. The zero-order chi connectivity index (χ0) is 14.4. The van der Waals surface area contributed by atoms with E-state index in [9.17, 15) is 4.79 Å². The van der Waals surface area contributed by atoms with Crippen LogP contribution in [0.2, 0.25) is 0 Å². The zero-order valence-electron chi connectivity index (χ0n) is 11.4. The monoisotopic (exact) mass is 296 g/mol. The second-order valence-corrected chi connectivity index (χ2v) is 5.80. The quantitative estimate of drug-likeness (QED) is 0.527. The summed E-state index contributed by atoms with van der Waals surface area (Å²) in [6.45, 7) is 2.19. The van der Waals surface area contributed by atoms with E-state index in [0.29, 0.717) is 11.5 Å². The largest absolute Gasteiger partial charge is 0.462 e. The zero-order valence-corrected chi connectivity index (χ0v) is 12.2. The summed E-state index contributed by atoms with van der Waals surface area (Å²) in [5.41, 5.74) is 3.02. The van der Waals surface area contributed by atoms with E-state index in [0.717, 1.165) is 26.6 Å². The molecule has 4 nitrogen and oxygen atoms in total. The molecule has 0 spiro atoms. The van der Waals surface area contributed by atoms with Crippen LogP contribution in [-0.4, -0.2) is 22.0 Å². The van der Waals surface area contributed by atoms with Crippen LogP contribution in [0, 0.1) is 0 Å². The van der Waals surface area contributed by atoms with E-state index < -0.39 is 0 Å². The van der Waals surface area contributed by atoms with Crippen molar-refractivity contribution in [3.63, 3.8) is 0 Å². The van der Waals surface area contributed by atoms with Crippen LogP contribution in [0.15, 0.2) is 42.7 Å². The highest BCUT2D eigenvalue weighted by atomic mass is 32.1. The van der Waals surface area contributed by atoms with Gasteiger partial charge in [0.15, 0.2) is 0 Å². The maximum Gasteiger partial charge on any atom is 0.348 e. The average Bonchev–Trinajstić information content (AvgIpc) is 3.08. The SMILES string of the molecule is CCOC(=O)c1cc2ncn3c4ccccc4cc3c2s1. The molecular formula is C16H12N2O2S. The fraction of sp³-hybridized carbons (Fsp3) is 0.125. The van der Waals surface area contributed by atoms with Gasteiger partial charge in [0.2, 0.25) is 0 Å². The Morgan fingerprint density at radius 3 is 3.00 bits per heavy atom. The Morgan fingerprint density at radius 1 is 1.29 bits per heavy atom. The Balaban J connectivity index is 2.02. The van der Waals surface area contributed by atoms with Crippen LogP contribution in [0.5, 0.6) is 0 Å². The number of hydrogen-bond donors (Lipinski definition) is 0. The number of rotatable bonds is 2. The fourth-order valence-corrected chi connectivity index (χ4v) is 3.57. The lowest BCUT2D eigenvalue weighted by molar-refractivity contribution is 0.0532. The third kappa shape index (κ3) is 1.81. The third-order valence-corrected chi connectivity index (χ3v) is 4.61. The molecule has 0 fully saturated rings. The first-order chi connectivity index (χ1) is 10.3. The van der Waals surface area contributed by atoms with Crippen molar-refractivity contribution < 1.29 is 9.53 Å². The Bertz CT molecular complexity index is 984. The van der Waals surface area contributed by atoms with Gasteiger partial charge < -0.3 is 4.74 Å². The van der Waals surface area contributed by atoms with Gasteiger partial charge in [-0.15, -0.1) is 11.3 Å². The topological polar surface area (TPSA) is 43.6 Å². The number of ether oxygens (including phenoxy) is 1. The fourth-order valence-electron chi connectivity index (χ4n) is 2.56. The second kappa shape index (κ2) is 4.56. The number of carbonyl (C=O) groups excluding carboxylic acids is 1. The maximum absolute atomic E-state index is 11.9. The summed E-state index contributed by atoms with van der Waals surface area (Å²) in [7, 11) is 0. The van der Waals surface area contributed by atoms with E-state index >= 15 is 0 Å². The van der Waals surface area contributed by atoms with Crippen LogP contribution >= 0.6 is 11.3 Å². The van der Waals surface area contributed by atoms with E-state index in [1.807, 2.05) is 18.5 Å². The number of esters is 1. The van der Waals surface area contributed by atoms with Crippen molar-refractivity contribution in [2.75, 3.05) is 6.61 Å². The first-order valence-corrected chi connectivity index (χ1v) is 7.55. The maximum atomic E-state index is 11.9. The van der Waals surface area contributed by atoms with Crippen molar-refractivity contribution in [1.82, 2.24) is 9.38 Å². The Kier molecular flexibility index (Phi) is 2.68. The third-order valence-electron chi connectivity index (χ3n) is 3.48. The molecule has 0 aliphatic carbocycles. The van der Waals surface area contributed by atoms with Crippen molar-refractivity contribution in [3.8, 4) is 0 Å². The summed E-state index contributed by atoms with van der Waals surface area (Å²) in [5, 5.41) is 1.16. The number of thiophene rings is 1. The molecule has 5 heteroatoms. The van der Waals surface area contributed by atoms with E-state index in [1.54, 1.807) is 13.0 Å². The van der Waals surface area contributed by atoms with E-state index in [1.165, 1.54) is 11.3 Å². The number of para-hydroxylation sites is 1. The van der Waals surface area contributed by atoms with E-state index in [-0.39, 0.29) is 5.97 Å². The summed E-state index contributed by atoms with van der Waals surface area (Å²) in [4.78, 5) is 16.9. The molecule has 0 saturated heterocycles. The Labute approximate surface area is 124 Å². The molecule has 0 aliphatic rings. The van der Waals surface area contributed by atoms with Gasteiger partial charge in [0.05, 0.1) is 27.9 Å². The second-order valence-electron chi connectivity index (χ2n) is 4.75. The molecule has 4 aromatic rings. The summed E-state index contributed by atoms with van der Waals surface area (Å²) < 4.78 is 8.13. The minimum Gasteiger partial charge on any atom is -0.462 e. The first kappa shape index (κ1) is 12.3. The molecular weight excluding hydrogens is 284 g/mol. The molecule has 0 amide bonds. The molecule has 3 aromatic heterocycles. The van der Waals surface area contributed by atoms with Crippen molar-refractivity contribution in [3.05, 3.63) is 47.6 Å². The number of hydrogen-bond acceptors (Lipinski definition) is 4. The molecule has 0 radical (unpaired) electrons. The van der Waals surface area contributed by atoms with Crippen LogP contribution in [-0.2, 0) is 4.74 Å². The molecule has 0 atom stereocenters. The predicted octanol–water partition coefficient (Wildman–Crippen LogP) is 3.88. The van der Waals surface area contributed by atoms with Gasteiger partial charge in [-0.25, -0.2) is 9.78 Å². The highest BCUT2D eigenvalue weighted by Gasteiger charge is 2.15. The number of fused-ring (bicyclic) bond motifs is 5. The van der Waals surface area contributed by atoms with Gasteiger partial charge in [0.25, 0.3) is 0 Å². The van der Waals surface area contributed by atoms with E-state index in [2.05, 4.69) is 27.6 Å². The molecule has 21 heavy (non-hydrogen) atoms. The summed E-state index contributed by atoms with van der Waals surface area (Å²) in [5.74, 6) is -0.283. The minimum atomic E-state index is -0.283. The van der Waals surface area contributed by atoms with E-state index in [4.69, 9.17) is 4.74 Å². The van der Waals surface area contributed by atoms with Gasteiger partial charge in [0.1, 0.15) is 11.2 Å². The standard InChI is InChI=1S/C16H12N2O2S/c1-2-20-16(19)14-8-11-15(21-14)13-7-10-5-3-4-6-12(10)18(13)9-17-11/h3-9H,2H2,1H3. The summed E-state index contributed by atoms with van der Waals surface area (Å²) in [6.07, 6.45) is 1.81. The summed E-state index contributed by atoms with van der Waals surface area (Å²) in [6, 6.07) is 12.1. The lowest BCUT2D eigenvalue weighted by Crippen LogP contribution is -2.01. The van der Waals surface area contributed by atoms with Gasteiger partial charge in [0, 0.05) is 5.39 Å². The van der Waals surface area contributed by atoms with Crippen LogP contribution < -0.4 is 0 Å². The molecule has 3 heterocycles. The lowest BCUT2D eigenvalue weighted by Gasteiger charge is -1.97. The van der Waals surface area contributed by atoms with Gasteiger partial charge in [-0.05, 0) is 25.1 Å². The van der Waals surface area contributed by atoms with Crippen molar-refractivity contribution >= 4 is 43.9 Å². The molecule has 0 unspecified atom stereocenters. The molecule has 4 rings (SSSR count). The Hall–Kier alpha value is -2.40. The van der Waals surface area contributed by atoms with Gasteiger partial charge in [-0.3, -0.25) is 4.40 Å². The van der Waals surface area contributed by atoms with Crippen molar-refractivity contribution in [1.29, 1.82) is 0 Å². The first-order valence-electron chi connectivity index (χ1n) is 6.73. The van der Waals surface area contributed by atoms with Crippen molar-refractivity contribution in [2.45, 2.75) is 6.92 Å². The average molecular weight is 296 g/mol. The smallest absolute Gasteiger partial charge is 0.348 e. The van der Waals surface area contributed by atoms with Gasteiger partial charge in [-0.1, -0.05) is 18.2 Å². The molecule has 0 aliphatic heterocycles. The normalized spacial score (nSPS) is 11.5.